The molecule has 4 aromatic rings. The van der Waals surface area contributed by atoms with Crippen LogP contribution in [0.1, 0.15) is 27.3 Å². The van der Waals surface area contributed by atoms with Crippen molar-refractivity contribution in [3.63, 3.8) is 0 Å². The van der Waals surface area contributed by atoms with Gasteiger partial charge in [-0.2, -0.15) is 0 Å². The molecule has 0 amide bonds. The Bertz CT molecular complexity index is 1300. The number of carbonyl (C=O) groups is 1. The summed E-state index contributed by atoms with van der Waals surface area (Å²) in [7, 11) is -3.28. The highest BCUT2D eigenvalue weighted by Crippen LogP contribution is 2.25. The first kappa shape index (κ1) is 24.9. The van der Waals surface area contributed by atoms with E-state index in [9.17, 15) is 4.79 Å². The standard InChI is InChI=1S/C24H20N2O3.H3O4P/c1-28-24(27)20-8-5-9-21-23(20)26-22(25-21)15-12-17-10-13-19(14-11-17)29-16-18-6-3-2-4-7-18;1-5(2,3)4/h2-15H,16H2,1H3,(H,25,26);(H3,1,2,3,4)/b15-12+;. The first-order chi connectivity index (χ1) is 16.2. The lowest BCUT2D eigenvalue weighted by atomic mass is 10.2. The number of phosphoric acid groups is 1. The number of fused-ring (bicyclic) bond motifs is 1. The second-order valence-corrected chi connectivity index (χ2v) is 8.03. The van der Waals surface area contributed by atoms with E-state index in [-0.39, 0.29) is 0 Å². The Morgan fingerprint density at radius 1 is 0.971 bits per heavy atom. The minimum absolute atomic E-state index is 0.399. The summed E-state index contributed by atoms with van der Waals surface area (Å²) in [6.07, 6.45) is 3.83. The van der Waals surface area contributed by atoms with Gasteiger partial charge in [0.25, 0.3) is 0 Å². The number of ether oxygens (including phenoxy) is 2. The van der Waals surface area contributed by atoms with Gasteiger partial charge in [-0.3, -0.25) is 0 Å². The van der Waals surface area contributed by atoms with Gasteiger partial charge in [-0.05, 0) is 41.5 Å². The first-order valence-electron chi connectivity index (χ1n) is 10.0. The van der Waals surface area contributed by atoms with Gasteiger partial charge in [-0.1, -0.05) is 54.6 Å². The Kier molecular flexibility index (Phi) is 8.34. The molecule has 0 saturated heterocycles. The van der Waals surface area contributed by atoms with Gasteiger partial charge < -0.3 is 29.1 Å². The van der Waals surface area contributed by atoms with Crippen LogP contribution in [0.15, 0.2) is 72.8 Å². The zero-order valence-corrected chi connectivity index (χ0v) is 19.1. The molecule has 176 valence electrons. The number of imidazole rings is 1. The van der Waals surface area contributed by atoms with Crippen molar-refractivity contribution in [1.82, 2.24) is 9.97 Å². The molecular weight excluding hydrogens is 459 g/mol. The van der Waals surface area contributed by atoms with Gasteiger partial charge in [0.2, 0.25) is 0 Å². The number of nitrogens with zero attached hydrogens (tertiary/aromatic N) is 1. The van der Waals surface area contributed by atoms with Crippen LogP contribution in [0, 0.1) is 0 Å². The normalized spacial score (nSPS) is 11.2. The fourth-order valence-corrected chi connectivity index (χ4v) is 3.00. The van der Waals surface area contributed by atoms with Crippen molar-refractivity contribution >= 4 is 37.0 Å². The molecule has 0 aliphatic heterocycles. The van der Waals surface area contributed by atoms with Crippen LogP contribution in [-0.4, -0.2) is 37.7 Å². The molecule has 0 spiro atoms. The Balaban J connectivity index is 0.000000588. The maximum Gasteiger partial charge on any atom is 0.466 e. The molecule has 0 unspecified atom stereocenters. The van der Waals surface area contributed by atoms with E-state index in [0.717, 1.165) is 22.4 Å². The predicted octanol–water partition coefficient (Wildman–Crippen LogP) is 4.17. The summed E-state index contributed by atoms with van der Waals surface area (Å²) in [6.45, 7) is 0.539. The summed E-state index contributed by atoms with van der Waals surface area (Å²) in [5, 5.41) is 0. The molecule has 4 rings (SSSR count). The summed E-state index contributed by atoms with van der Waals surface area (Å²) >= 11 is 0. The first-order valence-corrected chi connectivity index (χ1v) is 11.6. The molecule has 0 aliphatic rings. The highest BCUT2D eigenvalue weighted by Gasteiger charge is 2.13. The molecule has 9 nitrogen and oxygen atoms in total. The van der Waals surface area contributed by atoms with Crippen LogP contribution in [0.25, 0.3) is 23.2 Å². The van der Waals surface area contributed by atoms with Gasteiger partial charge >= 0.3 is 13.8 Å². The molecule has 0 aliphatic carbocycles. The van der Waals surface area contributed by atoms with Crippen molar-refractivity contribution in [1.29, 1.82) is 0 Å². The van der Waals surface area contributed by atoms with E-state index in [0.29, 0.717) is 23.5 Å². The molecule has 0 bridgehead atoms. The predicted molar refractivity (Wildman–Crippen MR) is 128 cm³/mol. The second kappa shape index (κ2) is 11.4. The maximum atomic E-state index is 11.9. The van der Waals surface area contributed by atoms with Gasteiger partial charge in [-0.15, -0.1) is 0 Å². The van der Waals surface area contributed by atoms with Crippen LogP contribution < -0.4 is 4.74 Å². The average molecular weight is 482 g/mol. The fraction of sp³-hybridized carbons (Fsp3) is 0.0833. The van der Waals surface area contributed by atoms with Gasteiger partial charge in [-0.25, -0.2) is 14.3 Å². The monoisotopic (exact) mass is 482 g/mol. The largest absolute Gasteiger partial charge is 0.489 e. The summed E-state index contributed by atoms with van der Waals surface area (Å²) in [6, 6.07) is 23.3. The SMILES string of the molecule is COC(=O)c1cccc2[nH]c(/C=C/c3ccc(OCc4ccccc4)cc3)nc12.O=P(O)(O)O. The highest BCUT2D eigenvalue weighted by molar-refractivity contribution is 7.45. The third-order valence-corrected chi connectivity index (χ3v) is 4.50. The minimum Gasteiger partial charge on any atom is -0.489 e. The number of para-hydroxylation sites is 1. The smallest absolute Gasteiger partial charge is 0.466 e. The van der Waals surface area contributed by atoms with Gasteiger partial charge in [0.1, 0.15) is 23.7 Å². The van der Waals surface area contributed by atoms with E-state index < -0.39 is 13.8 Å². The topological polar surface area (TPSA) is 142 Å². The number of rotatable bonds is 6. The number of H-pyrrole nitrogens is 1. The Morgan fingerprint density at radius 2 is 1.65 bits per heavy atom. The van der Waals surface area contributed by atoms with Gasteiger partial charge in [0.05, 0.1) is 18.2 Å². The number of aromatic nitrogens is 2. The van der Waals surface area contributed by atoms with Crippen molar-refractivity contribution in [3.8, 4) is 5.75 Å². The number of nitrogens with one attached hydrogen (secondary N) is 1. The van der Waals surface area contributed by atoms with Crippen molar-refractivity contribution in [3.05, 3.63) is 95.3 Å². The molecular formula is C24H23N2O7P. The number of carbonyl (C=O) groups excluding carboxylic acids is 1. The number of hydrogen-bond donors (Lipinski definition) is 4. The van der Waals surface area contributed by atoms with Crippen LogP contribution in [0.2, 0.25) is 0 Å². The highest BCUT2D eigenvalue weighted by atomic mass is 31.2. The molecule has 3 aromatic carbocycles. The van der Waals surface area contributed by atoms with Crippen molar-refractivity contribution < 1.29 is 33.5 Å². The van der Waals surface area contributed by atoms with Crippen molar-refractivity contribution in [2.75, 3.05) is 7.11 Å². The van der Waals surface area contributed by atoms with Crippen LogP contribution in [0.4, 0.5) is 0 Å². The lowest BCUT2D eigenvalue weighted by molar-refractivity contribution is 0.0602. The number of benzene rings is 3. The van der Waals surface area contributed by atoms with E-state index >= 15 is 0 Å². The summed E-state index contributed by atoms with van der Waals surface area (Å²) in [5.74, 6) is 1.09. The molecule has 1 heterocycles. The van der Waals surface area contributed by atoms with Crippen LogP contribution >= 0.6 is 7.82 Å². The average Bonchev–Trinajstić information content (AvgIpc) is 3.24. The molecule has 34 heavy (non-hydrogen) atoms. The summed E-state index contributed by atoms with van der Waals surface area (Å²) in [5.41, 5.74) is 3.99. The van der Waals surface area contributed by atoms with Crippen LogP contribution in [0.3, 0.4) is 0 Å². The Labute approximate surface area is 195 Å². The molecule has 4 N–H and O–H groups in total. The molecule has 10 heteroatoms. The number of hydrogen-bond acceptors (Lipinski definition) is 5. The summed E-state index contributed by atoms with van der Waals surface area (Å²) < 4.78 is 19.5. The molecule has 0 radical (unpaired) electrons. The van der Waals surface area contributed by atoms with E-state index in [1.165, 1.54) is 7.11 Å². The number of methoxy groups -OCH3 is 1. The second-order valence-electron chi connectivity index (χ2n) is 7.01. The Hall–Kier alpha value is -3.75. The molecule has 0 atom stereocenters. The number of esters is 1. The van der Waals surface area contributed by atoms with Gasteiger partial charge in [0, 0.05) is 0 Å². The van der Waals surface area contributed by atoms with Crippen LogP contribution in [0.5, 0.6) is 5.75 Å². The summed E-state index contributed by atoms with van der Waals surface area (Å²) in [4.78, 5) is 41.2. The van der Waals surface area contributed by atoms with Crippen LogP contribution in [-0.2, 0) is 15.9 Å². The quantitative estimate of drug-likeness (QED) is 0.237. The van der Waals surface area contributed by atoms with E-state index in [2.05, 4.69) is 9.97 Å². The van der Waals surface area contributed by atoms with Crippen molar-refractivity contribution in [2.45, 2.75) is 6.61 Å². The molecule has 1 aromatic heterocycles. The fourth-order valence-electron chi connectivity index (χ4n) is 3.00. The minimum atomic E-state index is -4.64. The van der Waals surface area contributed by atoms with E-state index in [1.54, 1.807) is 12.1 Å². The Morgan fingerprint density at radius 3 is 2.29 bits per heavy atom. The molecule has 0 saturated carbocycles. The van der Waals surface area contributed by atoms with Crippen molar-refractivity contribution in [2.24, 2.45) is 0 Å². The van der Waals surface area contributed by atoms with E-state index in [1.807, 2.05) is 72.8 Å². The molecule has 0 fully saturated rings. The zero-order chi connectivity index (χ0) is 24.6. The lowest BCUT2D eigenvalue weighted by Crippen LogP contribution is -2.01. The lowest BCUT2D eigenvalue weighted by Gasteiger charge is -2.06. The maximum absolute atomic E-state index is 11.9. The van der Waals surface area contributed by atoms with E-state index in [4.69, 9.17) is 28.7 Å². The number of aromatic amines is 1. The van der Waals surface area contributed by atoms with Gasteiger partial charge in [0.15, 0.2) is 0 Å². The third kappa shape index (κ3) is 7.68. The zero-order valence-electron chi connectivity index (χ0n) is 18.2. The third-order valence-electron chi connectivity index (χ3n) is 4.50.